The fourth-order valence-corrected chi connectivity index (χ4v) is 2.30. The van der Waals surface area contributed by atoms with Crippen LogP contribution in [0.15, 0.2) is 18.2 Å². The zero-order valence-corrected chi connectivity index (χ0v) is 11.2. The van der Waals surface area contributed by atoms with Gasteiger partial charge in [-0.2, -0.15) is 0 Å². The number of nitro benzene ring substituents is 1. The second-order valence-electron chi connectivity index (χ2n) is 5.04. The van der Waals surface area contributed by atoms with Gasteiger partial charge in [-0.25, -0.2) is 0 Å². The predicted octanol–water partition coefficient (Wildman–Crippen LogP) is 1.92. The molecule has 1 unspecified atom stereocenters. The third-order valence-electron chi connectivity index (χ3n) is 3.09. The largest absolute Gasteiger partial charge is 0.484 e. The van der Waals surface area contributed by atoms with Crippen molar-refractivity contribution in [3.05, 3.63) is 28.3 Å². The first kappa shape index (κ1) is 13.6. The second kappa shape index (κ2) is 5.44. The van der Waals surface area contributed by atoms with E-state index in [0.717, 1.165) is 13.0 Å². The number of hydrogen-bond donors (Lipinski definition) is 1. The molecule has 1 fully saturated rings. The molecule has 1 atom stereocenters. The fourth-order valence-electron chi connectivity index (χ4n) is 2.30. The van der Waals surface area contributed by atoms with Crippen LogP contribution in [-0.2, 0) is 0 Å². The maximum atomic E-state index is 11.3. The van der Waals surface area contributed by atoms with Gasteiger partial charge in [-0.3, -0.25) is 10.1 Å². The summed E-state index contributed by atoms with van der Waals surface area (Å²) in [7, 11) is 0. The Bertz CT molecular complexity index is 476. The number of anilines is 1. The molecule has 104 valence electrons. The quantitative estimate of drug-likeness (QED) is 0.664. The third kappa shape index (κ3) is 2.96. The van der Waals surface area contributed by atoms with Gasteiger partial charge in [0.1, 0.15) is 5.69 Å². The molecule has 1 aliphatic heterocycles. The number of rotatable bonds is 4. The fraction of sp³-hybridized carbons (Fsp3) is 0.538. The van der Waals surface area contributed by atoms with Gasteiger partial charge in [0.25, 0.3) is 0 Å². The lowest BCUT2D eigenvalue weighted by molar-refractivity contribution is -0.385. The lowest BCUT2D eigenvalue weighted by Gasteiger charge is -2.19. The Morgan fingerprint density at radius 2 is 2.26 bits per heavy atom. The van der Waals surface area contributed by atoms with E-state index in [2.05, 4.69) is 0 Å². The smallest absolute Gasteiger partial charge is 0.333 e. The number of ether oxygens (including phenoxy) is 1. The summed E-state index contributed by atoms with van der Waals surface area (Å²) < 4.78 is 5.53. The molecule has 0 saturated carbocycles. The number of hydrogen-bond acceptors (Lipinski definition) is 5. The number of nitrogens with zero attached hydrogens (tertiary/aromatic N) is 2. The molecular weight excluding hydrogens is 246 g/mol. The van der Waals surface area contributed by atoms with E-state index in [1.54, 1.807) is 18.2 Å². The summed E-state index contributed by atoms with van der Waals surface area (Å²) in [6.07, 6.45) is 0.752. The summed E-state index contributed by atoms with van der Waals surface area (Å²) in [5, 5.41) is 11.3. The highest BCUT2D eigenvalue weighted by molar-refractivity contribution is 5.70. The first-order valence-corrected chi connectivity index (χ1v) is 6.43. The average molecular weight is 265 g/mol. The lowest BCUT2D eigenvalue weighted by Crippen LogP contribution is -2.26. The van der Waals surface area contributed by atoms with Gasteiger partial charge < -0.3 is 15.4 Å². The van der Waals surface area contributed by atoms with Crippen LogP contribution >= 0.6 is 0 Å². The van der Waals surface area contributed by atoms with Crippen LogP contribution in [-0.4, -0.2) is 30.2 Å². The number of nitrogens with two attached hydrogens (primary N) is 1. The van der Waals surface area contributed by atoms with Gasteiger partial charge in [0, 0.05) is 19.1 Å². The maximum Gasteiger partial charge on any atom is 0.333 e. The van der Waals surface area contributed by atoms with Crippen molar-refractivity contribution in [2.45, 2.75) is 32.4 Å². The minimum atomic E-state index is -0.378. The standard InChI is InChI=1S/C13H19N3O3/c1-9(2)19-12-5-3-4-11(13(12)16(17)18)15-7-6-10(14)8-15/h3-5,9-10H,6-8,14H2,1-2H3. The number of benzene rings is 1. The summed E-state index contributed by atoms with van der Waals surface area (Å²) in [6, 6.07) is 5.25. The van der Waals surface area contributed by atoms with Crippen LogP contribution in [0.5, 0.6) is 5.75 Å². The van der Waals surface area contributed by atoms with E-state index in [1.165, 1.54) is 0 Å². The summed E-state index contributed by atoms with van der Waals surface area (Å²) in [6.45, 7) is 5.09. The van der Waals surface area contributed by atoms with Crippen LogP contribution in [0.2, 0.25) is 0 Å². The van der Waals surface area contributed by atoms with Crippen molar-refractivity contribution < 1.29 is 9.66 Å². The highest BCUT2D eigenvalue weighted by Gasteiger charge is 2.29. The SMILES string of the molecule is CC(C)Oc1cccc(N2CCC(N)C2)c1[N+](=O)[O-]. The second-order valence-corrected chi connectivity index (χ2v) is 5.04. The molecule has 1 saturated heterocycles. The summed E-state index contributed by atoms with van der Waals surface area (Å²) in [5.41, 5.74) is 6.49. The summed E-state index contributed by atoms with van der Waals surface area (Å²) in [4.78, 5) is 12.9. The molecule has 1 aliphatic rings. The Morgan fingerprint density at radius 3 is 2.79 bits per heavy atom. The molecule has 0 aromatic heterocycles. The normalized spacial score (nSPS) is 18.9. The maximum absolute atomic E-state index is 11.3. The van der Waals surface area contributed by atoms with Crippen molar-refractivity contribution in [2.75, 3.05) is 18.0 Å². The number of nitro groups is 1. The number of para-hydroxylation sites is 1. The van der Waals surface area contributed by atoms with E-state index < -0.39 is 0 Å². The molecule has 1 aromatic carbocycles. The minimum Gasteiger partial charge on any atom is -0.484 e. The molecule has 0 aliphatic carbocycles. The van der Waals surface area contributed by atoms with E-state index in [4.69, 9.17) is 10.5 Å². The highest BCUT2D eigenvalue weighted by Crippen LogP contribution is 2.38. The van der Waals surface area contributed by atoms with Gasteiger partial charge in [0.2, 0.25) is 0 Å². The molecular formula is C13H19N3O3. The molecule has 6 nitrogen and oxygen atoms in total. The van der Waals surface area contributed by atoms with E-state index >= 15 is 0 Å². The van der Waals surface area contributed by atoms with E-state index in [0.29, 0.717) is 18.0 Å². The Labute approximate surface area is 112 Å². The molecule has 0 radical (unpaired) electrons. The van der Waals surface area contributed by atoms with E-state index in [-0.39, 0.29) is 22.8 Å². The van der Waals surface area contributed by atoms with Crippen LogP contribution in [0.1, 0.15) is 20.3 Å². The summed E-state index contributed by atoms with van der Waals surface area (Å²) in [5.74, 6) is 0.318. The molecule has 1 aromatic rings. The monoisotopic (exact) mass is 265 g/mol. The third-order valence-corrected chi connectivity index (χ3v) is 3.09. The lowest BCUT2D eigenvalue weighted by atomic mass is 10.2. The topological polar surface area (TPSA) is 81.6 Å². The van der Waals surface area contributed by atoms with Crippen molar-refractivity contribution >= 4 is 11.4 Å². The van der Waals surface area contributed by atoms with Crippen LogP contribution in [0.3, 0.4) is 0 Å². The Hall–Kier alpha value is -1.82. The molecule has 0 bridgehead atoms. The molecule has 2 rings (SSSR count). The van der Waals surface area contributed by atoms with Crippen molar-refractivity contribution in [1.29, 1.82) is 0 Å². The van der Waals surface area contributed by atoms with Crippen molar-refractivity contribution in [1.82, 2.24) is 0 Å². The van der Waals surface area contributed by atoms with Crippen LogP contribution in [0.25, 0.3) is 0 Å². The molecule has 0 spiro atoms. The Balaban J connectivity index is 2.39. The van der Waals surface area contributed by atoms with Crippen molar-refractivity contribution in [3.8, 4) is 5.75 Å². The van der Waals surface area contributed by atoms with Crippen LogP contribution in [0.4, 0.5) is 11.4 Å². The van der Waals surface area contributed by atoms with Gasteiger partial charge in [-0.1, -0.05) is 6.07 Å². The Morgan fingerprint density at radius 1 is 1.53 bits per heavy atom. The zero-order chi connectivity index (χ0) is 14.0. The summed E-state index contributed by atoms with van der Waals surface area (Å²) >= 11 is 0. The van der Waals surface area contributed by atoms with Gasteiger partial charge in [0.05, 0.1) is 11.0 Å². The molecule has 0 amide bonds. The van der Waals surface area contributed by atoms with E-state index in [9.17, 15) is 10.1 Å². The first-order valence-electron chi connectivity index (χ1n) is 6.43. The molecule has 6 heteroatoms. The predicted molar refractivity (Wildman–Crippen MR) is 73.7 cm³/mol. The Kier molecular flexibility index (Phi) is 3.90. The molecule has 2 N–H and O–H groups in total. The van der Waals surface area contributed by atoms with Crippen molar-refractivity contribution in [2.24, 2.45) is 5.73 Å². The van der Waals surface area contributed by atoms with Gasteiger partial charge >= 0.3 is 5.69 Å². The molecule has 19 heavy (non-hydrogen) atoms. The first-order chi connectivity index (χ1) is 8.99. The van der Waals surface area contributed by atoms with Gasteiger partial charge in [-0.05, 0) is 32.4 Å². The van der Waals surface area contributed by atoms with Crippen LogP contribution in [0, 0.1) is 10.1 Å². The highest BCUT2D eigenvalue weighted by atomic mass is 16.6. The van der Waals surface area contributed by atoms with Gasteiger partial charge in [-0.15, -0.1) is 0 Å². The van der Waals surface area contributed by atoms with Crippen LogP contribution < -0.4 is 15.4 Å². The van der Waals surface area contributed by atoms with Gasteiger partial charge in [0.15, 0.2) is 5.75 Å². The molecule has 1 heterocycles. The van der Waals surface area contributed by atoms with Crippen molar-refractivity contribution in [3.63, 3.8) is 0 Å². The zero-order valence-electron chi connectivity index (χ0n) is 11.2. The van der Waals surface area contributed by atoms with E-state index in [1.807, 2.05) is 18.7 Å². The average Bonchev–Trinajstić information content (AvgIpc) is 2.74. The minimum absolute atomic E-state index is 0.0327.